The predicted molar refractivity (Wildman–Crippen MR) is 68.8 cm³/mol. The second kappa shape index (κ2) is 7.45. The van der Waals surface area contributed by atoms with Crippen molar-refractivity contribution in [1.82, 2.24) is 0 Å². The van der Waals surface area contributed by atoms with Crippen molar-refractivity contribution in [2.75, 3.05) is 12.0 Å². The van der Waals surface area contributed by atoms with Crippen molar-refractivity contribution in [2.45, 2.75) is 26.2 Å². The van der Waals surface area contributed by atoms with Crippen LogP contribution in [0.15, 0.2) is 24.3 Å². The fourth-order valence-electron chi connectivity index (χ4n) is 1.56. The maximum atomic E-state index is 11.5. The average molecular weight is 250 g/mol. The van der Waals surface area contributed by atoms with Gasteiger partial charge < -0.3 is 10.2 Å². The number of rotatable bonds is 7. The van der Waals surface area contributed by atoms with Gasteiger partial charge in [-0.25, -0.2) is 0 Å². The second-order valence-electron chi connectivity index (χ2n) is 3.87. The zero-order valence-electron chi connectivity index (χ0n) is 10.4. The van der Waals surface area contributed by atoms with E-state index >= 15 is 0 Å². The van der Waals surface area contributed by atoms with E-state index in [1.165, 1.54) is 0 Å². The molecule has 1 aromatic rings. The van der Waals surface area contributed by atoms with Gasteiger partial charge in [-0.05, 0) is 31.0 Å². The molecule has 0 spiro atoms. The molecule has 0 aliphatic rings. The number of esters is 1. The Bertz CT molecular complexity index is 418. The summed E-state index contributed by atoms with van der Waals surface area (Å²) in [5.74, 6) is 4.73. The van der Waals surface area contributed by atoms with Crippen LogP contribution < -0.4 is 11.3 Å². The van der Waals surface area contributed by atoms with E-state index in [-0.39, 0.29) is 12.2 Å². The summed E-state index contributed by atoms with van der Waals surface area (Å²) in [5.41, 5.74) is 4.34. The molecule has 0 fully saturated rings. The highest BCUT2D eigenvalue weighted by molar-refractivity contribution is 5.95. The van der Waals surface area contributed by atoms with Gasteiger partial charge in [0.1, 0.15) is 12.2 Å². The lowest BCUT2D eigenvalue weighted by Crippen LogP contribution is -2.11. The number of hydrogen-bond donors (Lipinski definition) is 2. The highest BCUT2D eigenvalue weighted by Crippen LogP contribution is 2.11. The number of hydrogen-bond acceptors (Lipinski definition) is 5. The number of aryl methyl sites for hydroxylation is 1. The van der Waals surface area contributed by atoms with E-state index in [0.29, 0.717) is 19.4 Å². The quantitative estimate of drug-likeness (QED) is 0.331. The molecule has 98 valence electrons. The first-order valence-corrected chi connectivity index (χ1v) is 5.88. The minimum atomic E-state index is -0.458. The molecule has 5 nitrogen and oxygen atoms in total. The first-order valence-electron chi connectivity index (χ1n) is 5.88. The van der Waals surface area contributed by atoms with Crippen LogP contribution in [0.2, 0.25) is 0 Å². The maximum Gasteiger partial charge on any atom is 0.313 e. The summed E-state index contributed by atoms with van der Waals surface area (Å²) in [5, 5.41) is 0. The second-order valence-corrected chi connectivity index (χ2v) is 3.87. The molecule has 0 atom stereocenters. The zero-order chi connectivity index (χ0) is 13.4. The summed E-state index contributed by atoms with van der Waals surface area (Å²) >= 11 is 0. The van der Waals surface area contributed by atoms with Crippen molar-refractivity contribution < 1.29 is 14.3 Å². The molecule has 1 rings (SSSR count). The third-order valence-corrected chi connectivity index (χ3v) is 2.43. The lowest BCUT2D eigenvalue weighted by molar-refractivity contribution is -0.145. The summed E-state index contributed by atoms with van der Waals surface area (Å²) in [6, 6.07) is 7.49. The van der Waals surface area contributed by atoms with E-state index in [9.17, 15) is 9.59 Å². The van der Waals surface area contributed by atoms with Gasteiger partial charge in [-0.15, -0.1) is 0 Å². The molecule has 0 saturated carbocycles. The molecule has 0 aliphatic heterocycles. The van der Waals surface area contributed by atoms with E-state index < -0.39 is 5.97 Å². The van der Waals surface area contributed by atoms with Gasteiger partial charge in [0.05, 0.1) is 6.61 Å². The minimum absolute atomic E-state index is 0.112. The number of nitrogens with one attached hydrogen (secondary N) is 1. The van der Waals surface area contributed by atoms with Crippen LogP contribution in [0.3, 0.4) is 0 Å². The molecule has 0 unspecified atom stereocenters. The van der Waals surface area contributed by atoms with Crippen molar-refractivity contribution in [3.8, 4) is 0 Å². The molecule has 0 bridgehead atoms. The zero-order valence-corrected chi connectivity index (χ0v) is 10.4. The van der Waals surface area contributed by atoms with Gasteiger partial charge in [-0.1, -0.05) is 12.1 Å². The van der Waals surface area contributed by atoms with Gasteiger partial charge in [0, 0.05) is 12.1 Å². The number of nitrogen functional groups attached to an aromatic ring is 1. The Kier molecular flexibility index (Phi) is 5.87. The monoisotopic (exact) mass is 250 g/mol. The predicted octanol–water partition coefficient (Wildman–Crippen LogP) is 1.43. The maximum absolute atomic E-state index is 11.5. The normalized spacial score (nSPS) is 9.89. The molecule has 0 radical (unpaired) electrons. The first-order chi connectivity index (χ1) is 8.65. The molecular weight excluding hydrogens is 232 g/mol. The van der Waals surface area contributed by atoms with Gasteiger partial charge in [-0.2, -0.15) is 0 Å². The highest BCUT2D eigenvalue weighted by atomic mass is 16.5. The molecule has 5 heteroatoms. The van der Waals surface area contributed by atoms with Gasteiger partial charge in [0.15, 0.2) is 0 Å². The minimum Gasteiger partial charge on any atom is -0.466 e. The number of carbonyl (C=O) groups excluding carboxylic acids is 2. The number of carbonyl (C=O) groups is 2. The highest BCUT2D eigenvalue weighted by Gasteiger charge is 2.10. The molecule has 0 heterocycles. The van der Waals surface area contributed by atoms with Crippen LogP contribution in [-0.2, 0) is 20.7 Å². The lowest BCUT2D eigenvalue weighted by atomic mass is 10.1. The summed E-state index contributed by atoms with van der Waals surface area (Å²) in [4.78, 5) is 22.6. The molecule has 0 aliphatic carbocycles. The fraction of sp³-hybridized carbons (Fsp3) is 0.385. The number of ketones is 1. The van der Waals surface area contributed by atoms with E-state index in [1.807, 2.05) is 24.3 Å². The first kappa shape index (κ1) is 14.2. The Labute approximate surface area is 106 Å². The van der Waals surface area contributed by atoms with E-state index in [4.69, 9.17) is 10.6 Å². The Morgan fingerprint density at radius 2 is 2.17 bits per heavy atom. The third kappa shape index (κ3) is 4.97. The lowest BCUT2D eigenvalue weighted by Gasteiger charge is -2.04. The molecule has 18 heavy (non-hydrogen) atoms. The van der Waals surface area contributed by atoms with Crippen LogP contribution in [0, 0.1) is 0 Å². The Morgan fingerprint density at radius 3 is 2.83 bits per heavy atom. The number of hydrazine groups is 1. The van der Waals surface area contributed by atoms with Gasteiger partial charge in [0.2, 0.25) is 0 Å². The molecule has 0 amide bonds. The van der Waals surface area contributed by atoms with Crippen LogP contribution in [0.5, 0.6) is 0 Å². The van der Waals surface area contributed by atoms with Crippen LogP contribution in [0.1, 0.15) is 25.3 Å². The molecule has 0 saturated heterocycles. The van der Waals surface area contributed by atoms with Gasteiger partial charge in [-0.3, -0.25) is 15.4 Å². The fourth-order valence-corrected chi connectivity index (χ4v) is 1.56. The Balaban J connectivity index is 2.40. The number of benzene rings is 1. The smallest absolute Gasteiger partial charge is 0.313 e. The Hall–Kier alpha value is -1.88. The summed E-state index contributed by atoms with van der Waals surface area (Å²) < 4.78 is 4.71. The van der Waals surface area contributed by atoms with E-state index in [2.05, 4.69) is 5.43 Å². The van der Waals surface area contributed by atoms with Crippen LogP contribution in [-0.4, -0.2) is 18.4 Å². The molecule has 1 aromatic carbocycles. The van der Waals surface area contributed by atoms with Gasteiger partial charge in [0.25, 0.3) is 0 Å². The van der Waals surface area contributed by atoms with Crippen LogP contribution in [0.4, 0.5) is 5.69 Å². The summed E-state index contributed by atoms with van der Waals surface area (Å²) in [6.07, 6.45) is 0.767. The Morgan fingerprint density at radius 1 is 1.39 bits per heavy atom. The molecule has 3 N–H and O–H groups in total. The van der Waals surface area contributed by atoms with E-state index in [1.54, 1.807) is 6.92 Å². The topological polar surface area (TPSA) is 81.4 Å². The number of nitrogens with two attached hydrogens (primary N) is 1. The number of ether oxygens (including phenoxy) is 1. The largest absolute Gasteiger partial charge is 0.466 e. The van der Waals surface area contributed by atoms with Crippen molar-refractivity contribution in [1.29, 1.82) is 0 Å². The standard InChI is InChI=1S/C13H18N2O3/c1-2-18-13(17)9-12(16)7-6-10-4-3-5-11(8-10)15-14/h3-5,8,15H,2,6-7,9,14H2,1H3. The summed E-state index contributed by atoms with van der Waals surface area (Å²) in [6.45, 7) is 2.02. The van der Waals surface area contributed by atoms with Crippen molar-refractivity contribution in [2.24, 2.45) is 5.84 Å². The van der Waals surface area contributed by atoms with Crippen molar-refractivity contribution in [3.63, 3.8) is 0 Å². The van der Waals surface area contributed by atoms with E-state index in [0.717, 1.165) is 11.3 Å². The SMILES string of the molecule is CCOC(=O)CC(=O)CCc1cccc(NN)c1. The van der Waals surface area contributed by atoms with Crippen molar-refractivity contribution >= 4 is 17.4 Å². The van der Waals surface area contributed by atoms with Crippen molar-refractivity contribution in [3.05, 3.63) is 29.8 Å². The number of Topliss-reactive ketones (excluding diaryl/α,β-unsaturated/α-hetero) is 1. The average Bonchev–Trinajstić information content (AvgIpc) is 2.37. The van der Waals surface area contributed by atoms with Crippen LogP contribution in [0.25, 0.3) is 0 Å². The number of anilines is 1. The van der Waals surface area contributed by atoms with Crippen LogP contribution >= 0.6 is 0 Å². The third-order valence-electron chi connectivity index (χ3n) is 2.43. The summed E-state index contributed by atoms with van der Waals surface area (Å²) in [7, 11) is 0. The van der Waals surface area contributed by atoms with Gasteiger partial charge >= 0.3 is 5.97 Å². The molecule has 0 aromatic heterocycles. The molecular formula is C13H18N2O3.